The molecule has 0 bridgehead atoms. The number of aliphatic carboxylic acids is 3. The van der Waals surface area contributed by atoms with Crippen LogP contribution in [0.25, 0.3) is 11.0 Å². The van der Waals surface area contributed by atoms with E-state index < -0.39 is 17.9 Å². The third kappa shape index (κ3) is 9.52. The second-order valence-corrected chi connectivity index (χ2v) is 9.34. The fourth-order valence-corrected chi connectivity index (χ4v) is 4.06. The number of hydrogen-bond donors (Lipinski definition) is 4. The summed E-state index contributed by atoms with van der Waals surface area (Å²) < 4.78 is 1.97. The molecule has 2 aromatic carbocycles. The Kier molecular flexibility index (Phi) is 11.7. The number of fused-ring (bicyclic) bond motifs is 1. The van der Waals surface area contributed by atoms with E-state index in [1.165, 1.54) is 0 Å². The van der Waals surface area contributed by atoms with Crippen molar-refractivity contribution in [3.8, 4) is 6.07 Å². The van der Waals surface area contributed by atoms with Crippen LogP contribution in [0.2, 0.25) is 0 Å². The monoisotopic (exact) mass is 598 g/mol. The Hall–Kier alpha value is -6.03. The first-order chi connectivity index (χ1) is 21.1. The van der Waals surface area contributed by atoms with Crippen molar-refractivity contribution < 1.29 is 34.5 Å². The first-order valence-electron chi connectivity index (χ1n) is 13.4. The molecule has 0 aliphatic rings. The van der Waals surface area contributed by atoms with E-state index in [4.69, 9.17) is 25.6 Å². The lowest BCUT2D eigenvalue weighted by atomic mass is 10.1. The molecule has 0 aliphatic heterocycles. The fraction of sp³-hybridized carbons (Fsp3) is 0.194. The molecule has 2 aromatic heterocycles. The number of benzene rings is 2. The SMILES string of the molecule is Cn1c(CNc2ccc(C#N)cc2)nc2cc(C(=O)N(CCCCC(=O)O)c3ccccn3)ccc21.O=C(O)/C=C\C(=O)O. The van der Waals surface area contributed by atoms with Gasteiger partial charge in [-0.3, -0.25) is 14.5 Å². The van der Waals surface area contributed by atoms with Gasteiger partial charge in [0.2, 0.25) is 0 Å². The van der Waals surface area contributed by atoms with Crippen LogP contribution in [0.4, 0.5) is 11.5 Å². The third-order valence-electron chi connectivity index (χ3n) is 6.25. The first-order valence-corrected chi connectivity index (χ1v) is 13.4. The molecule has 13 nitrogen and oxygen atoms in total. The number of rotatable bonds is 12. The minimum Gasteiger partial charge on any atom is -0.481 e. The van der Waals surface area contributed by atoms with Gasteiger partial charge in [0.05, 0.1) is 29.2 Å². The first kappa shape index (κ1) is 32.5. The van der Waals surface area contributed by atoms with Gasteiger partial charge in [-0.05, 0) is 67.4 Å². The molecule has 0 radical (unpaired) electrons. The zero-order chi connectivity index (χ0) is 32.1. The summed E-state index contributed by atoms with van der Waals surface area (Å²) >= 11 is 0. The van der Waals surface area contributed by atoms with Crippen molar-refractivity contribution in [1.82, 2.24) is 14.5 Å². The molecule has 13 heteroatoms. The van der Waals surface area contributed by atoms with E-state index in [9.17, 15) is 19.2 Å². The van der Waals surface area contributed by atoms with Crippen LogP contribution in [0, 0.1) is 11.3 Å². The smallest absolute Gasteiger partial charge is 0.328 e. The Bertz CT molecular complexity index is 1680. The average molecular weight is 599 g/mol. The summed E-state index contributed by atoms with van der Waals surface area (Å²) in [6.45, 7) is 0.840. The van der Waals surface area contributed by atoms with Crippen LogP contribution in [-0.2, 0) is 28.0 Å². The van der Waals surface area contributed by atoms with Crippen LogP contribution in [-0.4, -0.2) is 60.2 Å². The van der Waals surface area contributed by atoms with E-state index >= 15 is 0 Å². The van der Waals surface area contributed by atoms with Crippen LogP contribution in [0.3, 0.4) is 0 Å². The highest BCUT2D eigenvalue weighted by molar-refractivity contribution is 6.07. The number of pyridine rings is 1. The maximum Gasteiger partial charge on any atom is 0.328 e. The van der Waals surface area contributed by atoms with Crippen molar-refractivity contribution >= 4 is 46.4 Å². The minimum absolute atomic E-state index is 0.0590. The van der Waals surface area contributed by atoms with Gasteiger partial charge in [-0.25, -0.2) is 19.6 Å². The second-order valence-electron chi connectivity index (χ2n) is 9.34. The van der Waals surface area contributed by atoms with E-state index in [-0.39, 0.29) is 12.3 Å². The van der Waals surface area contributed by atoms with Gasteiger partial charge in [-0.2, -0.15) is 5.26 Å². The van der Waals surface area contributed by atoms with Crippen LogP contribution < -0.4 is 10.2 Å². The highest BCUT2D eigenvalue weighted by Crippen LogP contribution is 2.21. The number of anilines is 2. The van der Waals surface area contributed by atoms with Crippen LogP contribution >= 0.6 is 0 Å². The lowest BCUT2D eigenvalue weighted by Crippen LogP contribution is -2.32. The second kappa shape index (κ2) is 15.8. The molecule has 0 spiro atoms. The van der Waals surface area contributed by atoms with E-state index in [1.54, 1.807) is 47.5 Å². The molecular formula is C31H30N6O7. The zero-order valence-corrected chi connectivity index (χ0v) is 23.8. The number of nitriles is 1. The standard InChI is InChI=1S/C27H26N6O3.C4H4O4/c1-32-23-13-10-20(16-22(23)31-25(32)18-30-21-11-8-19(17-28)9-12-21)27(36)33(15-5-3-7-26(34)35)24-6-2-4-14-29-24;5-3(6)1-2-4(7)8/h2,4,6,8-14,16,30H,3,5,7,15,18H2,1H3,(H,34,35);1-2H,(H,5,6)(H,7,8)/b;2-1-. The molecular weight excluding hydrogens is 568 g/mol. The number of carboxylic acids is 3. The number of hydrogen-bond acceptors (Lipinski definition) is 8. The quantitative estimate of drug-likeness (QED) is 0.135. The van der Waals surface area contributed by atoms with Crippen LogP contribution in [0.5, 0.6) is 0 Å². The minimum atomic E-state index is -1.26. The van der Waals surface area contributed by atoms with Gasteiger partial charge in [0, 0.05) is 49.6 Å². The predicted molar refractivity (Wildman–Crippen MR) is 161 cm³/mol. The summed E-state index contributed by atoms with van der Waals surface area (Å²) in [7, 11) is 1.93. The molecule has 0 atom stereocenters. The molecule has 44 heavy (non-hydrogen) atoms. The molecule has 4 aromatic rings. The lowest BCUT2D eigenvalue weighted by molar-refractivity contribution is -0.137. The van der Waals surface area contributed by atoms with Gasteiger partial charge in [0.1, 0.15) is 11.6 Å². The number of carbonyl (C=O) groups excluding carboxylic acids is 1. The van der Waals surface area contributed by atoms with E-state index in [2.05, 4.69) is 16.4 Å². The number of nitrogens with one attached hydrogen (secondary N) is 1. The predicted octanol–water partition coefficient (Wildman–Crippen LogP) is 4.07. The lowest BCUT2D eigenvalue weighted by Gasteiger charge is -2.21. The summed E-state index contributed by atoms with van der Waals surface area (Å²) in [5, 5.41) is 36.8. The van der Waals surface area contributed by atoms with Gasteiger partial charge in [0.15, 0.2) is 0 Å². The third-order valence-corrected chi connectivity index (χ3v) is 6.25. The van der Waals surface area contributed by atoms with Crippen molar-refractivity contribution in [1.29, 1.82) is 5.26 Å². The number of carboxylic acid groups (broad SMARTS) is 3. The molecule has 0 aliphatic carbocycles. The number of unbranched alkanes of at least 4 members (excludes halogenated alkanes) is 1. The number of aryl methyl sites for hydroxylation is 1. The van der Waals surface area contributed by atoms with Gasteiger partial charge in [-0.1, -0.05) is 6.07 Å². The largest absolute Gasteiger partial charge is 0.481 e. The van der Waals surface area contributed by atoms with Crippen molar-refractivity contribution in [3.05, 3.63) is 96.0 Å². The Morgan fingerprint density at radius 3 is 2.27 bits per heavy atom. The average Bonchev–Trinajstić information content (AvgIpc) is 3.33. The van der Waals surface area contributed by atoms with Crippen LogP contribution in [0.1, 0.15) is 41.0 Å². The molecule has 4 N–H and O–H groups in total. The number of imidazole rings is 1. The Balaban J connectivity index is 0.000000583. The fourth-order valence-electron chi connectivity index (χ4n) is 4.06. The van der Waals surface area contributed by atoms with Gasteiger partial charge >= 0.3 is 17.9 Å². The molecule has 0 saturated carbocycles. The Morgan fingerprint density at radius 2 is 1.68 bits per heavy atom. The van der Waals surface area contributed by atoms with Crippen LogP contribution in [0.15, 0.2) is 79.0 Å². The van der Waals surface area contributed by atoms with Crippen molar-refractivity contribution in [2.45, 2.75) is 25.8 Å². The zero-order valence-electron chi connectivity index (χ0n) is 23.8. The molecule has 226 valence electrons. The van der Waals surface area contributed by atoms with Gasteiger partial charge < -0.3 is 25.2 Å². The normalized spacial score (nSPS) is 10.5. The topological polar surface area (TPSA) is 199 Å². The Morgan fingerprint density at radius 1 is 0.977 bits per heavy atom. The maximum absolute atomic E-state index is 13.5. The Labute approximate surface area is 252 Å². The maximum atomic E-state index is 13.5. The molecule has 0 fully saturated rings. The number of aromatic nitrogens is 3. The summed E-state index contributed by atoms with van der Waals surface area (Å²) in [5.74, 6) is -2.26. The summed E-state index contributed by atoms with van der Waals surface area (Å²) in [4.78, 5) is 54.1. The molecule has 2 heterocycles. The number of nitrogens with zero attached hydrogens (tertiary/aromatic N) is 5. The van der Waals surface area contributed by atoms with Gasteiger partial charge in [-0.15, -0.1) is 0 Å². The van der Waals surface area contributed by atoms with E-state index in [0.717, 1.165) is 17.0 Å². The van der Waals surface area contributed by atoms with E-state index in [1.807, 2.05) is 35.9 Å². The van der Waals surface area contributed by atoms with E-state index in [0.29, 0.717) is 60.5 Å². The molecule has 1 amide bonds. The van der Waals surface area contributed by atoms with Crippen molar-refractivity contribution in [2.75, 3.05) is 16.8 Å². The number of amides is 1. The highest BCUT2D eigenvalue weighted by atomic mass is 16.4. The summed E-state index contributed by atoms with van der Waals surface area (Å²) in [6, 6.07) is 20.1. The molecule has 4 rings (SSSR count). The van der Waals surface area contributed by atoms with Crippen molar-refractivity contribution in [3.63, 3.8) is 0 Å². The van der Waals surface area contributed by atoms with Crippen molar-refractivity contribution in [2.24, 2.45) is 7.05 Å². The summed E-state index contributed by atoms with van der Waals surface area (Å²) in [5.41, 5.74) is 3.56. The highest BCUT2D eigenvalue weighted by Gasteiger charge is 2.20. The number of carbonyl (C=O) groups is 4. The van der Waals surface area contributed by atoms with Gasteiger partial charge in [0.25, 0.3) is 5.91 Å². The summed E-state index contributed by atoms with van der Waals surface area (Å²) in [6.07, 6.45) is 3.82. The molecule has 0 saturated heterocycles. The molecule has 0 unspecified atom stereocenters.